The van der Waals surface area contributed by atoms with Crippen LogP contribution in [0.1, 0.15) is 286 Å². The summed E-state index contributed by atoms with van der Waals surface area (Å²) in [6.07, 6.45) is 54.4. The average Bonchev–Trinajstić information content (AvgIpc) is 3.31. The summed E-state index contributed by atoms with van der Waals surface area (Å²) in [6, 6.07) is 0. The lowest BCUT2D eigenvalue weighted by Crippen LogP contribution is -2.25. The number of rotatable bonds is 56. The molecule has 0 heterocycles. The van der Waals surface area contributed by atoms with Gasteiger partial charge in [0.15, 0.2) is 25.2 Å². The Labute approximate surface area is 406 Å². The van der Waals surface area contributed by atoms with Gasteiger partial charge in [0.05, 0.1) is 13.2 Å². The van der Waals surface area contributed by atoms with Crippen LogP contribution in [-0.4, -0.2) is 64.8 Å². The van der Waals surface area contributed by atoms with Crippen LogP contribution in [-0.2, 0) is 33.2 Å². The monoisotopic (exact) mass is 923 g/mol. The quantitative estimate of drug-likeness (QED) is 0.0342. The van der Waals surface area contributed by atoms with Crippen LogP contribution in [0.25, 0.3) is 0 Å². The second-order valence-corrected chi connectivity index (χ2v) is 18.9. The van der Waals surface area contributed by atoms with Gasteiger partial charge in [-0.3, -0.25) is 0 Å². The van der Waals surface area contributed by atoms with Crippen molar-refractivity contribution in [2.45, 2.75) is 311 Å². The fourth-order valence-electron chi connectivity index (χ4n) is 7.83. The van der Waals surface area contributed by atoms with E-state index >= 15 is 0 Å². The van der Waals surface area contributed by atoms with Gasteiger partial charge in [0.25, 0.3) is 0 Å². The number of unbranched alkanes of at least 4 members (excludes halogenated alkanes) is 28. The number of ether oxygens (including phenoxy) is 7. The molecule has 0 saturated carbocycles. The van der Waals surface area contributed by atoms with Crippen LogP contribution in [0.5, 0.6) is 0 Å². The standard InChI is InChI=1S/C58H114O7/c1-7-13-41-51-59-55(60-52-42-14-8-2)45-37-33-29-25-21-19-23-27-31-35-39-47-57(63-49-17-11-5)65-58(64-50-18-12-6)48-40-36-32-28-24-20-22-26-30-34-38-46-56(61-53-43-15-9-3)62-54-44-16-10-4/h39-40,47-48,55-58H,7-38,41-46,49-54H2,1-6H3. The van der Waals surface area contributed by atoms with Crippen LogP contribution < -0.4 is 0 Å². The molecule has 65 heavy (non-hydrogen) atoms. The predicted molar refractivity (Wildman–Crippen MR) is 280 cm³/mol. The van der Waals surface area contributed by atoms with Crippen molar-refractivity contribution in [1.82, 2.24) is 0 Å². The van der Waals surface area contributed by atoms with Gasteiger partial charge in [-0.15, -0.1) is 0 Å². The van der Waals surface area contributed by atoms with E-state index in [1.54, 1.807) is 0 Å². The zero-order valence-corrected chi connectivity index (χ0v) is 44.6. The maximum absolute atomic E-state index is 6.43. The second kappa shape index (κ2) is 55.8. The maximum Gasteiger partial charge on any atom is 0.180 e. The van der Waals surface area contributed by atoms with E-state index in [-0.39, 0.29) is 25.2 Å². The maximum atomic E-state index is 6.43. The molecule has 0 spiro atoms. The Morgan fingerprint density at radius 2 is 0.523 bits per heavy atom. The molecule has 7 nitrogen and oxygen atoms in total. The summed E-state index contributed by atoms with van der Waals surface area (Å²) in [7, 11) is 0. The van der Waals surface area contributed by atoms with Gasteiger partial charge < -0.3 is 33.2 Å². The second-order valence-electron chi connectivity index (χ2n) is 18.9. The number of allylic oxidation sites excluding steroid dienone is 2. The number of hydrogen-bond donors (Lipinski definition) is 0. The normalized spacial score (nSPS) is 13.2. The highest BCUT2D eigenvalue weighted by Gasteiger charge is 2.14. The summed E-state index contributed by atoms with van der Waals surface area (Å²) in [4.78, 5) is 0. The van der Waals surface area contributed by atoms with E-state index in [9.17, 15) is 0 Å². The van der Waals surface area contributed by atoms with E-state index in [1.807, 2.05) is 0 Å². The molecule has 0 radical (unpaired) electrons. The van der Waals surface area contributed by atoms with Gasteiger partial charge >= 0.3 is 0 Å². The van der Waals surface area contributed by atoms with Crippen molar-refractivity contribution in [3.05, 3.63) is 24.3 Å². The van der Waals surface area contributed by atoms with E-state index in [4.69, 9.17) is 33.2 Å². The Morgan fingerprint density at radius 3 is 0.815 bits per heavy atom. The third-order valence-corrected chi connectivity index (χ3v) is 12.2. The third kappa shape index (κ3) is 49.4. The fourth-order valence-corrected chi connectivity index (χ4v) is 7.83. The van der Waals surface area contributed by atoms with E-state index in [0.29, 0.717) is 13.2 Å². The van der Waals surface area contributed by atoms with Gasteiger partial charge in [0.2, 0.25) is 0 Å². The van der Waals surface area contributed by atoms with Crippen LogP contribution in [0.15, 0.2) is 24.3 Å². The topological polar surface area (TPSA) is 64.6 Å². The molecular formula is C58H114O7. The molecule has 2 atom stereocenters. The molecular weight excluding hydrogens is 809 g/mol. The van der Waals surface area contributed by atoms with Crippen molar-refractivity contribution in [1.29, 1.82) is 0 Å². The van der Waals surface area contributed by atoms with E-state index in [0.717, 1.165) is 103 Å². The molecule has 388 valence electrons. The summed E-state index contributed by atoms with van der Waals surface area (Å²) in [6.45, 7) is 18.2. The summed E-state index contributed by atoms with van der Waals surface area (Å²) in [5, 5.41) is 0. The molecule has 0 aromatic heterocycles. The minimum atomic E-state index is -0.373. The molecule has 0 aliphatic carbocycles. The molecule has 0 aromatic carbocycles. The van der Waals surface area contributed by atoms with Gasteiger partial charge in [0, 0.05) is 26.4 Å². The molecule has 0 bridgehead atoms. The van der Waals surface area contributed by atoms with Crippen molar-refractivity contribution in [3.8, 4) is 0 Å². The Bertz CT molecular complexity index is 832. The van der Waals surface area contributed by atoms with Crippen molar-refractivity contribution in [2.24, 2.45) is 0 Å². The SMILES string of the molecule is CCCCCOC(CCCCCCCCCCCC=CC(OCCCC)OC(C=CCCCCCCCCCCCC(OCCCCC)OCCCCC)OCCCC)OCCCCC. The zero-order valence-electron chi connectivity index (χ0n) is 44.6. The van der Waals surface area contributed by atoms with Gasteiger partial charge in [-0.2, -0.15) is 0 Å². The molecule has 0 fully saturated rings. The first-order valence-corrected chi connectivity index (χ1v) is 28.8. The highest BCUT2D eigenvalue weighted by molar-refractivity contribution is 4.90. The van der Waals surface area contributed by atoms with Crippen LogP contribution in [0.2, 0.25) is 0 Å². The largest absolute Gasteiger partial charge is 0.353 e. The van der Waals surface area contributed by atoms with Crippen LogP contribution in [0.4, 0.5) is 0 Å². The number of hydrogen-bond acceptors (Lipinski definition) is 7. The first-order valence-electron chi connectivity index (χ1n) is 28.8. The smallest absolute Gasteiger partial charge is 0.180 e. The third-order valence-electron chi connectivity index (χ3n) is 12.2. The lowest BCUT2D eigenvalue weighted by molar-refractivity contribution is -0.208. The minimum absolute atomic E-state index is 0.00197. The first kappa shape index (κ1) is 64.2. The molecule has 0 aliphatic heterocycles. The van der Waals surface area contributed by atoms with E-state index in [2.05, 4.69) is 65.8 Å². The zero-order chi connectivity index (χ0) is 47.2. The van der Waals surface area contributed by atoms with Crippen molar-refractivity contribution in [3.63, 3.8) is 0 Å². The van der Waals surface area contributed by atoms with Crippen molar-refractivity contribution >= 4 is 0 Å². The summed E-state index contributed by atoms with van der Waals surface area (Å²) in [5.41, 5.74) is 0. The van der Waals surface area contributed by atoms with E-state index in [1.165, 1.54) is 167 Å². The molecule has 0 amide bonds. The van der Waals surface area contributed by atoms with Crippen molar-refractivity contribution in [2.75, 3.05) is 39.6 Å². The molecule has 0 saturated heterocycles. The minimum Gasteiger partial charge on any atom is -0.353 e. The summed E-state index contributed by atoms with van der Waals surface area (Å²) in [5.74, 6) is 0. The van der Waals surface area contributed by atoms with Crippen LogP contribution in [0, 0.1) is 0 Å². The molecule has 0 N–H and O–H groups in total. The molecule has 7 heteroatoms. The Kier molecular flexibility index (Phi) is 55.1. The van der Waals surface area contributed by atoms with Gasteiger partial charge in [-0.1, -0.05) is 208 Å². The van der Waals surface area contributed by atoms with Crippen LogP contribution >= 0.6 is 0 Å². The molecule has 0 aliphatic rings. The van der Waals surface area contributed by atoms with Gasteiger partial charge in [-0.25, -0.2) is 0 Å². The Hall–Kier alpha value is -0.800. The highest BCUT2D eigenvalue weighted by atomic mass is 16.8. The lowest BCUT2D eigenvalue weighted by Gasteiger charge is -2.21. The summed E-state index contributed by atoms with van der Waals surface area (Å²) >= 11 is 0. The molecule has 0 aromatic rings. The highest BCUT2D eigenvalue weighted by Crippen LogP contribution is 2.18. The van der Waals surface area contributed by atoms with Gasteiger partial charge in [-0.05, 0) is 102 Å². The van der Waals surface area contributed by atoms with Gasteiger partial charge in [0.1, 0.15) is 0 Å². The summed E-state index contributed by atoms with van der Waals surface area (Å²) < 4.78 is 43.2. The average molecular weight is 924 g/mol. The van der Waals surface area contributed by atoms with Crippen LogP contribution in [0.3, 0.4) is 0 Å². The van der Waals surface area contributed by atoms with Crippen molar-refractivity contribution < 1.29 is 33.2 Å². The molecule has 2 unspecified atom stereocenters. The lowest BCUT2D eigenvalue weighted by atomic mass is 10.1. The first-order chi connectivity index (χ1) is 32.1. The Morgan fingerprint density at radius 1 is 0.262 bits per heavy atom. The molecule has 0 rings (SSSR count). The predicted octanol–water partition coefficient (Wildman–Crippen LogP) is 18.5. The van der Waals surface area contributed by atoms with E-state index < -0.39 is 0 Å². The fraction of sp³-hybridized carbons (Fsp3) is 0.931. The Balaban J connectivity index is 4.37.